The topological polar surface area (TPSA) is 61.4 Å². The lowest BCUT2D eigenvalue weighted by Gasteiger charge is -2.23. The first-order valence-electron chi connectivity index (χ1n) is 7.02. The van der Waals surface area contributed by atoms with Crippen molar-refractivity contribution in [1.29, 1.82) is 0 Å². The normalized spacial score (nSPS) is 24.2. The molecule has 2 atom stereocenters. The fraction of sp³-hybridized carbons (Fsp3) is 0.643. The van der Waals surface area contributed by atoms with Crippen LogP contribution in [-0.4, -0.2) is 30.6 Å². The fourth-order valence-corrected chi connectivity index (χ4v) is 4.17. The number of carbonyl (C=O) groups excluding carboxylic acids is 1. The number of carbonyl (C=O) groups is 1. The number of amides is 1. The first-order valence-corrected chi connectivity index (χ1v) is 8.22. The minimum Gasteiger partial charge on any atom is -0.386 e. The highest BCUT2D eigenvalue weighted by Crippen LogP contribution is 2.58. The first kappa shape index (κ1) is 17.0. The van der Waals surface area contributed by atoms with Crippen LogP contribution in [0.15, 0.2) is 12.1 Å². The van der Waals surface area contributed by atoms with E-state index in [0.29, 0.717) is 4.34 Å². The van der Waals surface area contributed by atoms with Crippen LogP contribution in [-0.2, 0) is 4.79 Å². The van der Waals surface area contributed by atoms with Crippen molar-refractivity contribution < 1.29 is 9.90 Å². The van der Waals surface area contributed by atoms with Gasteiger partial charge in [-0.3, -0.25) is 4.79 Å². The molecule has 2 heterocycles. The van der Waals surface area contributed by atoms with Crippen LogP contribution in [0.5, 0.6) is 0 Å². The number of aliphatic hydroxyl groups is 1. The minimum atomic E-state index is -0.667. The number of hydrogen-bond donors (Lipinski definition) is 3. The molecule has 3 N–H and O–H groups in total. The van der Waals surface area contributed by atoms with E-state index in [0.717, 1.165) is 37.2 Å². The van der Waals surface area contributed by atoms with Gasteiger partial charge in [-0.15, -0.1) is 23.7 Å². The van der Waals surface area contributed by atoms with Gasteiger partial charge in [-0.25, -0.2) is 0 Å². The Morgan fingerprint density at radius 3 is 2.86 bits per heavy atom. The maximum atomic E-state index is 12.2. The van der Waals surface area contributed by atoms with Gasteiger partial charge in [0.25, 0.3) is 0 Å². The maximum Gasteiger partial charge on any atom is 0.223 e. The van der Waals surface area contributed by atoms with E-state index in [-0.39, 0.29) is 36.2 Å². The van der Waals surface area contributed by atoms with Crippen molar-refractivity contribution >= 4 is 41.3 Å². The number of aliphatic hydroxyl groups excluding tert-OH is 1. The van der Waals surface area contributed by atoms with Gasteiger partial charge in [0.05, 0.1) is 4.34 Å². The predicted octanol–water partition coefficient (Wildman–Crippen LogP) is 2.36. The van der Waals surface area contributed by atoms with Crippen LogP contribution in [0, 0.1) is 11.3 Å². The molecular formula is C14H20Cl2N2O2S. The summed E-state index contributed by atoms with van der Waals surface area (Å²) in [5.41, 5.74) is 0.243. The molecule has 7 heteroatoms. The Labute approximate surface area is 139 Å². The molecule has 1 spiro atoms. The Kier molecular flexibility index (Phi) is 5.54. The van der Waals surface area contributed by atoms with Crippen LogP contribution in [0.4, 0.5) is 0 Å². The van der Waals surface area contributed by atoms with Crippen molar-refractivity contribution in [2.75, 3.05) is 19.6 Å². The molecule has 0 radical (unpaired) electrons. The molecule has 1 aliphatic carbocycles. The molecule has 1 amide bonds. The molecular weight excluding hydrogens is 331 g/mol. The van der Waals surface area contributed by atoms with Crippen molar-refractivity contribution in [3.05, 3.63) is 21.3 Å². The van der Waals surface area contributed by atoms with Crippen molar-refractivity contribution in [1.82, 2.24) is 10.6 Å². The third-order valence-corrected chi connectivity index (χ3v) is 5.83. The molecule has 4 nitrogen and oxygen atoms in total. The van der Waals surface area contributed by atoms with Crippen LogP contribution in [0.25, 0.3) is 0 Å². The molecule has 0 aromatic carbocycles. The molecule has 1 aliphatic heterocycles. The third-order valence-electron chi connectivity index (χ3n) is 4.50. The zero-order chi connectivity index (χ0) is 14.2. The Morgan fingerprint density at radius 1 is 1.52 bits per heavy atom. The molecule has 0 bridgehead atoms. The van der Waals surface area contributed by atoms with Crippen LogP contribution in [0.1, 0.15) is 30.2 Å². The van der Waals surface area contributed by atoms with E-state index in [2.05, 4.69) is 10.6 Å². The van der Waals surface area contributed by atoms with Gasteiger partial charge < -0.3 is 15.7 Å². The summed E-state index contributed by atoms with van der Waals surface area (Å²) in [6.07, 6.45) is 2.52. The van der Waals surface area contributed by atoms with E-state index in [1.807, 2.05) is 0 Å². The lowest BCUT2D eigenvalue weighted by molar-refractivity contribution is -0.123. The van der Waals surface area contributed by atoms with Crippen LogP contribution in [0.2, 0.25) is 4.34 Å². The second-order valence-corrected chi connectivity index (χ2v) is 7.52. The number of piperidine rings is 1. The van der Waals surface area contributed by atoms with Gasteiger partial charge in [-0.1, -0.05) is 11.6 Å². The summed E-state index contributed by atoms with van der Waals surface area (Å²) in [7, 11) is 0. The Morgan fingerprint density at radius 2 is 2.24 bits per heavy atom. The van der Waals surface area contributed by atoms with Crippen molar-refractivity contribution in [2.45, 2.75) is 25.4 Å². The molecule has 2 aliphatic rings. The summed E-state index contributed by atoms with van der Waals surface area (Å²) in [6, 6.07) is 3.56. The molecule has 3 rings (SSSR count). The van der Waals surface area contributed by atoms with Crippen LogP contribution >= 0.6 is 35.3 Å². The van der Waals surface area contributed by atoms with E-state index in [1.165, 1.54) is 11.3 Å². The van der Waals surface area contributed by atoms with Gasteiger partial charge >= 0.3 is 0 Å². The number of nitrogens with one attached hydrogen (secondary N) is 2. The van der Waals surface area contributed by atoms with Gasteiger partial charge in [0.15, 0.2) is 0 Å². The summed E-state index contributed by atoms with van der Waals surface area (Å²) in [4.78, 5) is 12.9. The quantitative estimate of drug-likeness (QED) is 0.781. The molecule has 2 fully saturated rings. The zero-order valence-corrected chi connectivity index (χ0v) is 14.0. The fourth-order valence-electron chi connectivity index (χ4n) is 3.12. The van der Waals surface area contributed by atoms with Gasteiger partial charge in [-0.2, -0.15) is 0 Å². The Hall–Kier alpha value is -0.330. The lowest BCUT2D eigenvalue weighted by Crippen LogP contribution is -2.35. The summed E-state index contributed by atoms with van der Waals surface area (Å²) < 4.78 is 0.654. The monoisotopic (exact) mass is 350 g/mol. The summed E-state index contributed by atoms with van der Waals surface area (Å²) in [6.45, 7) is 2.29. The second kappa shape index (κ2) is 6.84. The highest BCUT2D eigenvalue weighted by atomic mass is 35.5. The van der Waals surface area contributed by atoms with Gasteiger partial charge in [-0.05, 0) is 49.9 Å². The number of halogens is 2. The van der Waals surface area contributed by atoms with Gasteiger partial charge in [0, 0.05) is 17.3 Å². The summed E-state index contributed by atoms with van der Waals surface area (Å²) in [5, 5.41) is 16.2. The second-order valence-electron chi connectivity index (χ2n) is 5.77. The summed E-state index contributed by atoms with van der Waals surface area (Å²) >= 11 is 7.19. The molecule has 1 saturated carbocycles. The summed E-state index contributed by atoms with van der Waals surface area (Å²) in [5.74, 6) is 0.234. The Bertz CT molecular complexity index is 503. The third kappa shape index (κ3) is 3.71. The first-order chi connectivity index (χ1) is 9.61. The smallest absolute Gasteiger partial charge is 0.223 e. The SMILES string of the molecule is Cl.O=C(NCC(O)c1ccc(Cl)s1)C1CC12CCNCC2. The Balaban J connectivity index is 0.00000161. The lowest BCUT2D eigenvalue weighted by atomic mass is 9.92. The van der Waals surface area contributed by atoms with Crippen molar-refractivity contribution in [2.24, 2.45) is 11.3 Å². The molecule has 1 aromatic heterocycles. The average molecular weight is 351 g/mol. The van der Waals surface area contributed by atoms with E-state index in [1.54, 1.807) is 12.1 Å². The van der Waals surface area contributed by atoms with E-state index in [4.69, 9.17) is 11.6 Å². The predicted molar refractivity (Wildman–Crippen MR) is 87.2 cm³/mol. The standard InChI is InChI=1S/C14H19ClN2O2S.ClH/c15-12-2-1-11(20-12)10(18)8-17-13(19)9-7-14(9)3-5-16-6-4-14;/h1-2,9-10,16,18H,3-8H2,(H,17,19);1H. The number of hydrogen-bond acceptors (Lipinski definition) is 4. The highest BCUT2D eigenvalue weighted by molar-refractivity contribution is 7.16. The number of rotatable bonds is 4. The molecule has 21 heavy (non-hydrogen) atoms. The molecule has 2 unspecified atom stereocenters. The molecule has 118 valence electrons. The van der Waals surface area contributed by atoms with E-state index >= 15 is 0 Å². The zero-order valence-electron chi connectivity index (χ0n) is 11.6. The average Bonchev–Trinajstić information content (AvgIpc) is 2.94. The van der Waals surface area contributed by atoms with Crippen LogP contribution < -0.4 is 10.6 Å². The maximum absolute atomic E-state index is 12.2. The van der Waals surface area contributed by atoms with Gasteiger partial charge in [0.2, 0.25) is 5.91 Å². The van der Waals surface area contributed by atoms with Gasteiger partial charge in [0.1, 0.15) is 6.10 Å². The van der Waals surface area contributed by atoms with Crippen molar-refractivity contribution in [3.63, 3.8) is 0 Å². The van der Waals surface area contributed by atoms with E-state index < -0.39 is 6.10 Å². The minimum absolute atomic E-state index is 0. The number of thiophene rings is 1. The highest BCUT2D eigenvalue weighted by Gasteiger charge is 2.57. The largest absolute Gasteiger partial charge is 0.386 e. The van der Waals surface area contributed by atoms with Crippen molar-refractivity contribution in [3.8, 4) is 0 Å². The van der Waals surface area contributed by atoms with E-state index in [9.17, 15) is 9.90 Å². The molecule has 1 saturated heterocycles. The molecule has 1 aromatic rings. The van der Waals surface area contributed by atoms with Crippen LogP contribution in [0.3, 0.4) is 0 Å².